The molecule has 1 saturated heterocycles. The topological polar surface area (TPSA) is 48.4 Å². The van der Waals surface area contributed by atoms with Crippen molar-refractivity contribution in [2.75, 3.05) is 48.9 Å². The van der Waals surface area contributed by atoms with Crippen LogP contribution in [0, 0.1) is 6.92 Å². The maximum Gasteiger partial charge on any atom is 0.226 e. The number of anilines is 3. The van der Waals surface area contributed by atoms with Gasteiger partial charge in [0.25, 0.3) is 0 Å². The molecule has 0 atom stereocenters. The SMILES string of the molecule is Cc1cnc(N2CCC(N(C)c3ccnc(N(C)C)n3)CC2)s1. The summed E-state index contributed by atoms with van der Waals surface area (Å²) in [6, 6.07) is 2.50. The first kappa shape index (κ1) is 16.0. The molecule has 124 valence electrons. The maximum absolute atomic E-state index is 4.64. The molecule has 23 heavy (non-hydrogen) atoms. The average molecular weight is 332 g/mol. The van der Waals surface area contributed by atoms with Crippen molar-refractivity contribution in [1.82, 2.24) is 15.0 Å². The van der Waals surface area contributed by atoms with E-state index in [1.54, 1.807) is 11.3 Å². The van der Waals surface area contributed by atoms with E-state index < -0.39 is 0 Å². The molecule has 7 heteroatoms. The van der Waals surface area contributed by atoms with Crippen LogP contribution in [0.25, 0.3) is 0 Å². The third kappa shape index (κ3) is 3.55. The standard InChI is InChI=1S/C16H24N6S/c1-12-11-18-16(23-12)22-9-6-13(7-10-22)21(4)14-5-8-17-15(19-14)20(2)3/h5,8,11,13H,6-7,9-10H2,1-4H3. The summed E-state index contributed by atoms with van der Waals surface area (Å²) in [6.07, 6.45) is 6.04. The highest BCUT2D eigenvalue weighted by Crippen LogP contribution is 2.27. The first-order valence-corrected chi connectivity index (χ1v) is 8.77. The Morgan fingerprint density at radius 1 is 1.17 bits per heavy atom. The molecule has 3 heterocycles. The Kier molecular flexibility index (Phi) is 4.66. The molecule has 1 fully saturated rings. The molecule has 3 rings (SSSR count). The summed E-state index contributed by atoms with van der Waals surface area (Å²) in [6.45, 7) is 4.21. The fourth-order valence-electron chi connectivity index (χ4n) is 2.87. The number of thiazole rings is 1. The van der Waals surface area contributed by atoms with Crippen molar-refractivity contribution in [2.24, 2.45) is 0 Å². The van der Waals surface area contributed by atoms with Gasteiger partial charge in [-0.25, -0.2) is 9.97 Å². The van der Waals surface area contributed by atoms with Gasteiger partial charge in [-0.2, -0.15) is 4.98 Å². The highest BCUT2D eigenvalue weighted by Gasteiger charge is 2.25. The molecule has 0 spiro atoms. The van der Waals surface area contributed by atoms with Gasteiger partial charge in [-0.1, -0.05) is 0 Å². The zero-order valence-electron chi connectivity index (χ0n) is 14.2. The lowest BCUT2D eigenvalue weighted by Gasteiger charge is -2.37. The van der Waals surface area contributed by atoms with Crippen LogP contribution in [0.3, 0.4) is 0 Å². The van der Waals surface area contributed by atoms with E-state index in [2.05, 4.69) is 38.7 Å². The van der Waals surface area contributed by atoms with Gasteiger partial charge in [-0.15, -0.1) is 11.3 Å². The van der Waals surface area contributed by atoms with Crippen molar-refractivity contribution in [3.05, 3.63) is 23.3 Å². The minimum atomic E-state index is 0.511. The summed E-state index contributed by atoms with van der Waals surface area (Å²) in [5, 5.41) is 1.15. The molecule has 0 unspecified atom stereocenters. The molecule has 0 radical (unpaired) electrons. The molecule has 0 bridgehead atoms. The van der Waals surface area contributed by atoms with Crippen molar-refractivity contribution < 1.29 is 0 Å². The molecule has 2 aromatic heterocycles. The lowest BCUT2D eigenvalue weighted by atomic mass is 10.0. The van der Waals surface area contributed by atoms with E-state index in [1.807, 2.05) is 37.5 Å². The van der Waals surface area contributed by atoms with Crippen molar-refractivity contribution in [3.63, 3.8) is 0 Å². The number of hydrogen-bond acceptors (Lipinski definition) is 7. The predicted octanol–water partition coefficient (Wildman–Crippen LogP) is 2.41. The largest absolute Gasteiger partial charge is 0.356 e. The van der Waals surface area contributed by atoms with Crippen LogP contribution >= 0.6 is 11.3 Å². The molecule has 0 N–H and O–H groups in total. The average Bonchev–Trinajstić information content (AvgIpc) is 3.01. The minimum absolute atomic E-state index is 0.511. The molecule has 1 aliphatic rings. The molecule has 0 amide bonds. The van der Waals surface area contributed by atoms with Crippen LogP contribution in [0.5, 0.6) is 0 Å². The fraction of sp³-hybridized carbons (Fsp3) is 0.562. The van der Waals surface area contributed by atoms with Gasteiger partial charge in [-0.05, 0) is 25.8 Å². The van der Waals surface area contributed by atoms with Gasteiger partial charge in [0.15, 0.2) is 5.13 Å². The highest BCUT2D eigenvalue weighted by molar-refractivity contribution is 7.15. The Labute approximate surface area is 141 Å². The van der Waals surface area contributed by atoms with Crippen molar-refractivity contribution in [2.45, 2.75) is 25.8 Å². The first-order chi connectivity index (χ1) is 11.0. The van der Waals surface area contributed by atoms with Crippen LogP contribution in [-0.4, -0.2) is 55.2 Å². The Balaban J connectivity index is 1.64. The predicted molar refractivity (Wildman–Crippen MR) is 96.8 cm³/mol. The molecule has 2 aromatic rings. The van der Waals surface area contributed by atoms with E-state index in [0.29, 0.717) is 6.04 Å². The lowest BCUT2D eigenvalue weighted by Crippen LogP contribution is -2.43. The molecule has 0 saturated carbocycles. The molecule has 0 aliphatic carbocycles. The van der Waals surface area contributed by atoms with Crippen molar-refractivity contribution in [3.8, 4) is 0 Å². The van der Waals surface area contributed by atoms with Crippen LogP contribution in [0.2, 0.25) is 0 Å². The van der Waals surface area contributed by atoms with Crippen LogP contribution in [0.1, 0.15) is 17.7 Å². The van der Waals surface area contributed by atoms with Gasteiger partial charge >= 0.3 is 0 Å². The summed E-state index contributed by atoms with van der Waals surface area (Å²) < 4.78 is 0. The second kappa shape index (κ2) is 6.70. The molecule has 0 aromatic carbocycles. The van der Waals surface area contributed by atoms with Gasteiger partial charge in [0.2, 0.25) is 5.95 Å². The van der Waals surface area contributed by atoms with Gasteiger partial charge < -0.3 is 14.7 Å². The summed E-state index contributed by atoms with van der Waals surface area (Å²) in [5.41, 5.74) is 0. The molecule has 1 aliphatic heterocycles. The maximum atomic E-state index is 4.64. The Morgan fingerprint density at radius 3 is 2.52 bits per heavy atom. The number of aromatic nitrogens is 3. The normalized spacial score (nSPS) is 15.7. The van der Waals surface area contributed by atoms with Crippen LogP contribution in [0.15, 0.2) is 18.5 Å². The quantitative estimate of drug-likeness (QED) is 0.857. The first-order valence-electron chi connectivity index (χ1n) is 7.95. The number of aryl methyl sites for hydroxylation is 1. The third-order valence-corrected chi connectivity index (χ3v) is 5.25. The van der Waals surface area contributed by atoms with E-state index in [-0.39, 0.29) is 0 Å². The van der Waals surface area contributed by atoms with Gasteiger partial charge in [0.05, 0.1) is 0 Å². The number of hydrogen-bond donors (Lipinski definition) is 0. The fourth-order valence-corrected chi connectivity index (χ4v) is 3.68. The molecular formula is C16H24N6S. The zero-order chi connectivity index (χ0) is 16.4. The Hall–Kier alpha value is -1.89. The van der Waals surface area contributed by atoms with E-state index in [4.69, 9.17) is 0 Å². The monoisotopic (exact) mass is 332 g/mol. The van der Waals surface area contributed by atoms with Crippen LogP contribution in [-0.2, 0) is 0 Å². The van der Waals surface area contributed by atoms with E-state index in [1.165, 1.54) is 4.88 Å². The smallest absolute Gasteiger partial charge is 0.226 e. The van der Waals surface area contributed by atoms with Crippen molar-refractivity contribution >= 4 is 28.2 Å². The molecular weight excluding hydrogens is 308 g/mol. The van der Waals surface area contributed by atoms with Crippen molar-refractivity contribution in [1.29, 1.82) is 0 Å². The Bertz CT molecular complexity index is 648. The van der Waals surface area contributed by atoms with Crippen LogP contribution in [0.4, 0.5) is 16.9 Å². The summed E-state index contributed by atoms with van der Waals surface area (Å²) in [7, 11) is 6.07. The van der Waals surface area contributed by atoms with Crippen LogP contribution < -0.4 is 14.7 Å². The van der Waals surface area contributed by atoms with Gasteiger partial charge in [0.1, 0.15) is 5.82 Å². The van der Waals surface area contributed by atoms with Gasteiger partial charge in [0, 0.05) is 57.5 Å². The van der Waals surface area contributed by atoms with E-state index >= 15 is 0 Å². The highest BCUT2D eigenvalue weighted by atomic mass is 32.1. The van der Waals surface area contributed by atoms with E-state index in [0.717, 1.165) is 42.8 Å². The number of rotatable bonds is 4. The summed E-state index contributed by atoms with van der Waals surface area (Å²) >= 11 is 1.78. The third-order valence-electron chi connectivity index (χ3n) is 4.28. The number of piperidine rings is 1. The second-order valence-corrected chi connectivity index (χ2v) is 7.41. The number of nitrogens with zero attached hydrogens (tertiary/aromatic N) is 6. The van der Waals surface area contributed by atoms with Gasteiger partial charge in [-0.3, -0.25) is 0 Å². The molecule has 6 nitrogen and oxygen atoms in total. The minimum Gasteiger partial charge on any atom is -0.356 e. The Morgan fingerprint density at radius 2 is 1.91 bits per heavy atom. The van der Waals surface area contributed by atoms with E-state index in [9.17, 15) is 0 Å². The summed E-state index contributed by atoms with van der Waals surface area (Å²) in [4.78, 5) is 21.3. The lowest BCUT2D eigenvalue weighted by molar-refractivity contribution is 0.479. The second-order valence-electron chi connectivity index (χ2n) is 6.19. The zero-order valence-corrected chi connectivity index (χ0v) is 15.0. The summed E-state index contributed by atoms with van der Waals surface area (Å²) in [5.74, 6) is 1.75.